The Morgan fingerprint density at radius 1 is 1.16 bits per heavy atom. The van der Waals surface area contributed by atoms with E-state index < -0.39 is 11.6 Å². The molecule has 1 heterocycles. The molecule has 0 spiro atoms. The van der Waals surface area contributed by atoms with Crippen molar-refractivity contribution in [2.75, 3.05) is 13.8 Å². The van der Waals surface area contributed by atoms with Crippen molar-refractivity contribution < 1.29 is 18.3 Å². The van der Waals surface area contributed by atoms with Crippen LogP contribution in [0.4, 0.5) is 8.78 Å². The molecule has 132 valence electrons. The van der Waals surface area contributed by atoms with Gasteiger partial charge in [-0.05, 0) is 51.8 Å². The Balaban J connectivity index is 1.60. The summed E-state index contributed by atoms with van der Waals surface area (Å²) in [6, 6.07) is 7.14. The highest BCUT2D eigenvalue weighted by Gasteiger charge is 2.18. The monoisotopic (exact) mass is 411 g/mol. The number of nitrogens with one attached hydrogen (secondary N) is 2. The zero-order valence-electron chi connectivity index (χ0n) is 13.4. The van der Waals surface area contributed by atoms with Crippen molar-refractivity contribution in [3.05, 3.63) is 57.6 Å². The minimum atomic E-state index is -0.480. The van der Waals surface area contributed by atoms with Crippen LogP contribution in [0.1, 0.15) is 11.1 Å². The van der Waals surface area contributed by atoms with Gasteiger partial charge in [0.15, 0.2) is 17.5 Å². The van der Waals surface area contributed by atoms with Gasteiger partial charge in [0.1, 0.15) is 11.6 Å². The third-order valence-corrected chi connectivity index (χ3v) is 4.21. The van der Waals surface area contributed by atoms with Crippen LogP contribution in [0.15, 0.2) is 39.8 Å². The van der Waals surface area contributed by atoms with Crippen LogP contribution in [0.2, 0.25) is 0 Å². The van der Waals surface area contributed by atoms with Crippen LogP contribution in [-0.2, 0) is 13.1 Å². The molecule has 3 rings (SSSR count). The van der Waals surface area contributed by atoms with Crippen LogP contribution in [0.25, 0.3) is 0 Å². The van der Waals surface area contributed by atoms with Crippen molar-refractivity contribution in [1.82, 2.24) is 10.6 Å². The van der Waals surface area contributed by atoms with Gasteiger partial charge in [-0.2, -0.15) is 0 Å². The standard InChI is InChI=1S/C17H16BrF2N3O2/c1-21-17(23-8-11-6-12(19)2-3-14(11)20)22-7-10-4-13(18)16-15(5-10)24-9-25-16/h2-6H,7-9H2,1H3,(H2,21,22,23). The van der Waals surface area contributed by atoms with E-state index in [1.165, 1.54) is 0 Å². The second-order valence-electron chi connectivity index (χ2n) is 5.33. The molecule has 8 heteroatoms. The fourth-order valence-electron chi connectivity index (χ4n) is 2.39. The van der Waals surface area contributed by atoms with E-state index in [9.17, 15) is 8.78 Å². The molecule has 1 aliphatic heterocycles. The summed E-state index contributed by atoms with van der Waals surface area (Å²) < 4.78 is 38.4. The van der Waals surface area contributed by atoms with Gasteiger partial charge in [-0.3, -0.25) is 4.99 Å². The first-order valence-corrected chi connectivity index (χ1v) is 8.32. The summed E-state index contributed by atoms with van der Waals surface area (Å²) in [5.74, 6) is 0.886. The molecule has 5 nitrogen and oxygen atoms in total. The SMILES string of the molecule is CN=C(NCc1cc(Br)c2c(c1)OCO2)NCc1cc(F)ccc1F. The lowest BCUT2D eigenvalue weighted by Crippen LogP contribution is -2.36. The van der Waals surface area contributed by atoms with E-state index in [0.29, 0.717) is 24.0 Å². The molecule has 0 unspecified atom stereocenters. The summed E-state index contributed by atoms with van der Waals surface area (Å²) in [6.45, 7) is 0.794. The van der Waals surface area contributed by atoms with Crippen molar-refractivity contribution in [1.29, 1.82) is 0 Å². The Morgan fingerprint density at radius 3 is 2.76 bits per heavy atom. The Kier molecular flexibility index (Phi) is 5.37. The number of halogens is 3. The number of aliphatic imine (C=N–C) groups is 1. The number of rotatable bonds is 4. The average molecular weight is 412 g/mol. The summed E-state index contributed by atoms with van der Waals surface area (Å²) in [5, 5.41) is 6.07. The molecule has 0 aliphatic carbocycles. The van der Waals surface area contributed by atoms with Gasteiger partial charge < -0.3 is 20.1 Å². The number of ether oxygens (including phenoxy) is 2. The third kappa shape index (κ3) is 4.19. The molecule has 2 aromatic rings. The zero-order chi connectivity index (χ0) is 17.8. The topological polar surface area (TPSA) is 54.9 Å². The Hall–Kier alpha value is -2.35. The molecule has 0 saturated carbocycles. The molecule has 0 saturated heterocycles. The highest BCUT2D eigenvalue weighted by Crippen LogP contribution is 2.39. The van der Waals surface area contributed by atoms with Crippen LogP contribution in [0.3, 0.4) is 0 Å². The maximum absolute atomic E-state index is 13.6. The first kappa shape index (κ1) is 17.5. The fraction of sp³-hybridized carbons (Fsp3) is 0.235. The predicted octanol–water partition coefficient (Wildman–Crippen LogP) is 3.32. The highest BCUT2D eigenvalue weighted by molar-refractivity contribution is 9.10. The van der Waals surface area contributed by atoms with Gasteiger partial charge in [-0.15, -0.1) is 0 Å². The fourth-order valence-corrected chi connectivity index (χ4v) is 2.99. The van der Waals surface area contributed by atoms with Crippen LogP contribution in [0.5, 0.6) is 11.5 Å². The summed E-state index contributed by atoms with van der Waals surface area (Å²) in [7, 11) is 1.60. The largest absolute Gasteiger partial charge is 0.454 e. The number of hydrogen-bond donors (Lipinski definition) is 2. The number of hydrogen-bond acceptors (Lipinski definition) is 3. The number of benzene rings is 2. The van der Waals surface area contributed by atoms with E-state index in [-0.39, 0.29) is 18.9 Å². The smallest absolute Gasteiger partial charge is 0.231 e. The van der Waals surface area contributed by atoms with Gasteiger partial charge in [-0.25, -0.2) is 8.78 Å². The molecular formula is C17H16BrF2N3O2. The van der Waals surface area contributed by atoms with Crippen molar-refractivity contribution in [3.63, 3.8) is 0 Å². The van der Waals surface area contributed by atoms with Gasteiger partial charge in [0.25, 0.3) is 0 Å². The van der Waals surface area contributed by atoms with Crippen LogP contribution < -0.4 is 20.1 Å². The van der Waals surface area contributed by atoms with E-state index in [1.54, 1.807) is 7.05 Å². The minimum absolute atomic E-state index is 0.119. The minimum Gasteiger partial charge on any atom is -0.454 e. The van der Waals surface area contributed by atoms with E-state index in [2.05, 4.69) is 31.6 Å². The Labute approximate surface area is 152 Å². The second kappa shape index (κ2) is 7.69. The van der Waals surface area contributed by atoms with E-state index >= 15 is 0 Å². The van der Waals surface area contributed by atoms with Crippen LogP contribution >= 0.6 is 15.9 Å². The molecule has 1 aliphatic rings. The highest BCUT2D eigenvalue weighted by atomic mass is 79.9. The molecule has 2 aromatic carbocycles. The van der Waals surface area contributed by atoms with Gasteiger partial charge in [0.05, 0.1) is 4.47 Å². The van der Waals surface area contributed by atoms with Gasteiger partial charge in [0.2, 0.25) is 6.79 Å². The molecule has 0 amide bonds. The maximum Gasteiger partial charge on any atom is 0.231 e. The summed E-state index contributed by atoms with van der Waals surface area (Å²) in [4.78, 5) is 4.08. The lowest BCUT2D eigenvalue weighted by Gasteiger charge is -2.13. The number of fused-ring (bicyclic) bond motifs is 1. The van der Waals surface area contributed by atoms with E-state index in [0.717, 1.165) is 28.2 Å². The van der Waals surface area contributed by atoms with E-state index in [4.69, 9.17) is 9.47 Å². The predicted molar refractivity (Wildman–Crippen MR) is 93.7 cm³/mol. The Morgan fingerprint density at radius 2 is 1.96 bits per heavy atom. The number of nitrogens with zero attached hydrogens (tertiary/aromatic N) is 1. The number of guanidine groups is 1. The van der Waals surface area contributed by atoms with Crippen LogP contribution in [0, 0.1) is 11.6 Å². The van der Waals surface area contributed by atoms with Crippen molar-refractivity contribution >= 4 is 21.9 Å². The third-order valence-electron chi connectivity index (χ3n) is 3.62. The van der Waals surface area contributed by atoms with Gasteiger partial charge in [0, 0.05) is 25.7 Å². The lowest BCUT2D eigenvalue weighted by atomic mass is 10.2. The normalized spacial score (nSPS) is 13.0. The first-order valence-electron chi connectivity index (χ1n) is 7.53. The van der Waals surface area contributed by atoms with Crippen molar-refractivity contribution in [3.8, 4) is 11.5 Å². The van der Waals surface area contributed by atoms with Crippen molar-refractivity contribution in [2.24, 2.45) is 4.99 Å². The van der Waals surface area contributed by atoms with Crippen molar-refractivity contribution in [2.45, 2.75) is 13.1 Å². The molecule has 0 atom stereocenters. The Bertz CT molecular complexity index is 815. The summed E-state index contributed by atoms with van der Waals surface area (Å²) >= 11 is 3.44. The summed E-state index contributed by atoms with van der Waals surface area (Å²) in [5.41, 5.74) is 1.18. The molecule has 0 radical (unpaired) electrons. The molecule has 0 fully saturated rings. The molecule has 25 heavy (non-hydrogen) atoms. The average Bonchev–Trinajstić information content (AvgIpc) is 3.07. The first-order chi connectivity index (χ1) is 12.1. The van der Waals surface area contributed by atoms with Gasteiger partial charge >= 0.3 is 0 Å². The van der Waals surface area contributed by atoms with Gasteiger partial charge in [-0.1, -0.05) is 0 Å². The second-order valence-corrected chi connectivity index (χ2v) is 6.18. The van der Waals surface area contributed by atoms with E-state index in [1.807, 2.05) is 12.1 Å². The van der Waals surface area contributed by atoms with Crippen LogP contribution in [-0.4, -0.2) is 19.8 Å². The molecular weight excluding hydrogens is 396 g/mol. The molecule has 2 N–H and O–H groups in total. The maximum atomic E-state index is 13.6. The lowest BCUT2D eigenvalue weighted by molar-refractivity contribution is 0.173. The quantitative estimate of drug-likeness (QED) is 0.598. The zero-order valence-corrected chi connectivity index (χ0v) is 15.0. The molecule has 0 aromatic heterocycles. The molecule has 0 bridgehead atoms. The summed E-state index contributed by atoms with van der Waals surface area (Å²) in [6.07, 6.45) is 0.